The summed E-state index contributed by atoms with van der Waals surface area (Å²) in [6, 6.07) is 0. The number of hydrogen-bond acceptors (Lipinski definition) is 4. The van der Waals surface area contributed by atoms with Gasteiger partial charge in [-0.2, -0.15) is 0 Å². The van der Waals surface area contributed by atoms with E-state index in [1.165, 1.54) is 5.57 Å². The van der Waals surface area contributed by atoms with Gasteiger partial charge in [0.1, 0.15) is 6.10 Å². The zero-order valence-corrected chi connectivity index (χ0v) is 16.0. The standard InChI is InChI=1S/C21H32O4/c1-6-12(2)21(24)25-20-18(13(3)8-7-9-22)14(4)10-16-11-17(23)15(5)19(16)20/h12-13,16,19-20,22H,5-11H2,1-4H3/t12-,13+,16+,19-,20+/m1/s1. The van der Waals surface area contributed by atoms with Crippen molar-refractivity contribution in [1.82, 2.24) is 0 Å². The highest BCUT2D eigenvalue weighted by atomic mass is 16.5. The lowest BCUT2D eigenvalue weighted by molar-refractivity contribution is -0.155. The molecular formula is C21H32O4. The summed E-state index contributed by atoms with van der Waals surface area (Å²) in [6.45, 7) is 12.2. The van der Waals surface area contributed by atoms with Gasteiger partial charge in [0.15, 0.2) is 5.78 Å². The lowest BCUT2D eigenvalue weighted by atomic mass is 9.71. The number of rotatable bonds is 7. The molecule has 0 radical (unpaired) electrons. The second kappa shape index (κ2) is 8.31. The number of carbonyl (C=O) groups is 2. The van der Waals surface area contributed by atoms with E-state index in [1.54, 1.807) is 0 Å². The Balaban J connectivity index is 2.35. The normalized spacial score (nSPS) is 28.8. The van der Waals surface area contributed by atoms with Crippen LogP contribution in [0.25, 0.3) is 0 Å². The van der Waals surface area contributed by atoms with E-state index in [0.29, 0.717) is 12.0 Å². The number of Topliss-reactive ketones (excluding diaryl/α,β-unsaturated/α-hetero) is 1. The minimum atomic E-state index is -0.382. The Labute approximate surface area is 151 Å². The minimum absolute atomic E-state index is 0.0872. The van der Waals surface area contributed by atoms with Crippen LogP contribution in [0.3, 0.4) is 0 Å². The van der Waals surface area contributed by atoms with Crippen LogP contribution in [0.15, 0.2) is 23.3 Å². The highest BCUT2D eigenvalue weighted by Gasteiger charge is 2.48. The first-order valence-electron chi connectivity index (χ1n) is 9.54. The van der Waals surface area contributed by atoms with Crippen molar-refractivity contribution in [2.45, 2.75) is 65.9 Å². The van der Waals surface area contributed by atoms with Crippen LogP contribution < -0.4 is 0 Å². The van der Waals surface area contributed by atoms with E-state index in [1.807, 2.05) is 13.8 Å². The Hall–Kier alpha value is -1.42. The average Bonchev–Trinajstić information content (AvgIpc) is 2.85. The molecule has 0 aromatic carbocycles. The van der Waals surface area contributed by atoms with Gasteiger partial charge in [0.2, 0.25) is 0 Å². The van der Waals surface area contributed by atoms with E-state index in [4.69, 9.17) is 9.84 Å². The van der Waals surface area contributed by atoms with E-state index in [2.05, 4.69) is 20.4 Å². The Kier molecular flexibility index (Phi) is 6.61. The van der Waals surface area contributed by atoms with E-state index in [9.17, 15) is 9.59 Å². The van der Waals surface area contributed by atoms with Crippen LogP contribution in [-0.2, 0) is 14.3 Å². The average molecular weight is 348 g/mol. The first kappa shape index (κ1) is 19.9. The first-order chi connectivity index (χ1) is 11.8. The monoisotopic (exact) mass is 348 g/mol. The van der Waals surface area contributed by atoms with Crippen molar-refractivity contribution in [3.63, 3.8) is 0 Å². The first-order valence-corrected chi connectivity index (χ1v) is 9.54. The maximum Gasteiger partial charge on any atom is 0.309 e. The van der Waals surface area contributed by atoms with Crippen LogP contribution in [0.5, 0.6) is 0 Å². The molecule has 2 aliphatic carbocycles. The predicted octanol–water partition coefficient (Wildman–Crippen LogP) is 3.83. The molecule has 2 rings (SSSR count). The Morgan fingerprint density at radius 3 is 2.64 bits per heavy atom. The molecule has 1 saturated carbocycles. The molecular weight excluding hydrogens is 316 g/mol. The minimum Gasteiger partial charge on any atom is -0.457 e. The predicted molar refractivity (Wildman–Crippen MR) is 97.9 cm³/mol. The van der Waals surface area contributed by atoms with Gasteiger partial charge >= 0.3 is 5.97 Å². The van der Waals surface area contributed by atoms with E-state index in [0.717, 1.165) is 31.3 Å². The second-order valence-electron chi connectivity index (χ2n) is 7.81. The fourth-order valence-corrected chi connectivity index (χ4v) is 4.34. The van der Waals surface area contributed by atoms with Gasteiger partial charge in [0.05, 0.1) is 5.92 Å². The molecule has 5 atom stereocenters. The molecule has 0 heterocycles. The molecule has 2 aliphatic rings. The summed E-state index contributed by atoms with van der Waals surface area (Å²) in [4.78, 5) is 24.7. The Morgan fingerprint density at radius 1 is 1.36 bits per heavy atom. The molecule has 0 aromatic rings. The van der Waals surface area contributed by atoms with Crippen molar-refractivity contribution in [2.75, 3.05) is 6.61 Å². The van der Waals surface area contributed by atoms with Crippen molar-refractivity contribution in [3.05, 3.63) is 23.3 Å². The van der Waals surface area contributed by atoms with Crippen LogP contribution in [0, 0.1) is 23.7 Å². The lowest BCUT2D eigenvalue weighted by Crippen LogP contribution is -2.39. The number of fused-ring (bicyclic) bond motifs is 1. The summed E-state index contributed by atoms with van der Waals surface area (Å²) >= 11 is 0. The van der Waals surface area contributed by atoms with Crippen molar-refractivity contribution in [2.24, 2.45) is 23.7 Å². The summed E-state index contributed by atoms with van der Waals surface area (Å²) in [5, 5.41) is 9.16. The molecule has 0 spiro atoms. The summed E-state index contributed by atoms with van der Waals surface area (Å²) in [6.07, 6.45) is 3.30. The molecule has 0 aromatic heterocycles. The van der Waals surface area contributed by atoms with E-state index in [-0.39, 0.29) is 48.1 Å². The van der Waals surface area contributed by atoms with Crippen LogP contribution in [0.2, 0.25) is 0 Å². The van der Waals surface area contributed by atoms with Crippen LogP contribution in [0.1, 0.15) is 59.8 Å². The van der Waals surface area contributed by atoms with Crippen LogP contribution in [-0.4, -0.2) is 29.6 Å². The van der Waals surface area contributed by atoms with Crippen molar-refractivity contribution < 1.29 is 19.4 Å². The van der Waals surface area contributed by atoms with E-state index >= 15 is 0 Å². The van der Waals surface area contributed by atoms with Gasteiger partial charge in [-0.25, -0.2) is 0 Å². The summed E-state index contributed by atoms with van der Waals surface area (Å²) in [7, 11) is 0. The highest BCUT2D eigenvalue weighted by Crippen LogP contribution is 2.48. The van der Waals surface area contributed by atoms with Gasteiger partial charge in [-0.3, -0.25) is 9.59 Å². The molecule has 1 fully saturated rings. The SMILES string of the molecule is C=C1C(=O)C[C@@H]2CC(C)=C([C@@H](C)CCCO)[C@H](OC(=O)[C@H](C)CC)[C@H]12. The molecule has 0 unspecified atom stereocenters. The smallest absolute Gasteiger partial charge is 0.309 e. The molecule has 1 N–H and O–H groups in total. The van der Waals surface area contributed by atoms with Gasteiger partial charge in [-0.05, 0) is 55.6 Å². The maximum absolute atomic E-state index is 12.5. The molecule has 4 nitrogen and oxygen atoms in total. The quantitative estimate of drug-likeness (QED) is 0.431. The molecule has 0 saturated heterocycles. The number of allylic oxidation sites excluding steroid dienone is 1. The Bertz CT molecular complexity index is 574. The van der Waals surface area contributed by atoms with E-state index < -0.39 is 0 Å². The number of ether oxygens (including phenoxy) is 1. The van der Waals surface area contributed by atoms with Gasteiger partial charge < -0.3 is 9.84 Å². The van der Waals surface area contributed by atoms with Gasteiger partial charge in [-0.1, -0.05) is 32.9 Å². The maximum atomic E-state index is 12.5. The summed E-state index contributed by atoms with van der Waals surface area (Å²) in [5.41, 5.74) is 2.99. The largest absolute Gasteiger partial charge is 0.457 e. The third-order valence-corrected chi connectivity index (χ3v) is 5.99. The fourth-order valence-electron chi connectivity index (χ4n) is 4.34. The van der Waals surface area contributed by atoms with Crippen molar-refractivity contribution in [3.8, 4) is 0 Å². The lowest BCUT2D eigenvalue weighted by Gasteiger charge is -2.39. The number of aliphatic hydroxyl groups is 1. The van der Waals surface area contributed by atoms with Gasteiger partial charge in [0, 0.05) is 18.9 Å². The topological polar surface area (TPSA) is 63.6 Å². The second-order valence-corrected chi connectivity index (χ2v) is 7.81. The number of esters is 1. The van der Waals surface area contributed by atoms with Crippen LogP contribution in [0.4, 0.5) is 0 Å². The number of ketones is 1. The third-order valence-electron chi connectivity index (χ3n) is 5.99. The molecule has 0 bridgehead atoms. The summed E-state index contributed by atoms with van der Waals surface area (Å²) < 4.78 is 5.99. The molecule has 140 valence electrons. The fraction of sp³-hybridized carbons (Fsp3) is 0.714. The third kappa shape index (κ3) is 4.05. The molecule has 0 amide bonds. The van der Waals surface area contributed by atoms with Crippen molar-refractivity contribution in [1.29, 1.82) is 0 Å². The molecule has 0 aliphatic heterocycles. The van der Waals surface area contributed by atoms with Crippen LogP contribution >= 0.6 is 0 Å². The zero-order chi connectivity index (χ0) is 18.7. The number of carbonyl (C=O) groups excluding carboxylic acids is 2. The van der Waals surface area contributed by atoms with Crippen molar-refractivity contribution >= 4 is 11.8 Å². The summed E-state index contributed by atoms with van der Waals surface area (Å²) in [5.74, 6) is 0.0855. The van der Waals surface area contributed by atoms with Gasteiger partial charge in [0.25, 0.3) is 0 Å². The van der Waals surface area contributed by atoms with Gasteiger partial charge in [-0.15, -0.1) is 0 Å². The number of hydrogen-bond donors (Lipinski definition) is 1. The zero-order valence-electron chi connectivity index (χ0n) is 16.0. The highest BCUT2D eigenvalue weighted by molar-refractivity contribution is 5.98. The Morgan fingerprint density at radius 2 is 2.04 bits per heavy atom. The molecule has 4 heteroatoms. The number of aliphatic hydroxyl groups excluding tert-OH is 1. The molecule has 25 heavy (non-hydrogen) atoms.